The molecule has 21 heavy (non-hydrogen) atoms. The molecule has 3 nitrogen and oxygen atoms in total. The second kappa shape index (κ2) is 4.60. The zero-order valence-corrected chi connectivity index (χ0v) is 11.7. The van der Waals surface area contributed by atoms with E-state index in [9.17, 15) is 4.39 Å². The predicted octanol–water partition coefficient (Wildman–Crippen LogP) is 3.38. The van der Waals surface area contributed by atoms with Crippen LogP contribution >= 0.6 is 0 Å². The number of ether oxygens (including phenoxy) is 1. The lowest BCUT2D eigenvalue weighted by atomic mass is 10.1. The van der Waals surface area contributed by atoms with E-state index < -0.39 is 0 Å². The van der Waals surface area contributed by atoms with Crippen LogP contribution < -0.4 is 10.1 Å². The number of benzene rings is 2. The van der Waals surface area contributed by atoms with Crippen molar-refractivity contribution in [2.45, 2.75) is 13.1 Å². The average molecular weight is 282 g/mol. The molecule has 0 fully saturated rings. The Labute approximate surface area is 122 Å². The van der Waals surface area contributed by atoms with Crippen molar-refractivity contribution in [2.75, 3.05) is 7.11 Å². The molecule has 1 aromatic heterocycles. The van der Waals surface area contributed by atoms with Crippen LogP contribution in [0.5, 0.6) is 5.75 Å². The van der Waals surface area contributed by atoms with Gasteiger partial charge in [-0.25, -0.2) is 4.39 Å². The molecule has 2 heterocycles. The highest BCUT2D eigenvalue weighted by atomic mass is 19.1. The van der Waals surface area contributed by atoms with Gasteiger partial charge in [-0.15, -0.1) is 0 Å². The number of fused-ring (bicyclic) bond motifs is 3. The highest BCUT2D eigenvalue weighted by Gasteiger charge is 2.22. The lowest BCUT2D eigenvalue weighted by Crippen LogP contribution is -2.06. The van der Waals surface area contributed by atoms with Gasteiger partial charge in [0.15, 0.2) is 0 Å². The quantitative estimate of drug-likeness (QED) is 0.780. The highest BCUT2D eigenvalue weighted by Crippen LogP contribution is 2.34. The maximum absolute atomic E-state index is 13.2. The van der Waals surface area contributed by atoms with Gasteiger partial charge < -0.3 is 14.6 Å². The number of nitrogens with zero attached hydrogens (tertiary/aromatic N) is 1. The van der Waals surface area contributed by atoms with Gasteiger partial charge in [0.2, 0.25) is 0 Å². The molecule has 3 aromatic rings. The number of aromatic nitrogens is 1. The number of halogens is 1. The van der Waals surface area contributed by atoms with Gasteiger partial charge in [0.05, 0.1) is 12.6 Å². The first-order valence-corrected chi connectivity index (χ1v) is 6.95. The van der Waals surface area contributed by atoms with E-state index in [1.54, 1.807) is 7.11 Å². The van der Waals surface area contributed by atoms with Crippen LogP contribution in [0.4, 0.5) is 4.39 Å². The van der Waals surface area contributed by atoms with Crippen LogP contribution in [-0.4, -0.2) is 11.7 Å². The van der Waals surface area contributed by atoms with Crippen LogP contribution in [0.3, 0.4) is 0 Å². The van der Waals surface area contributed by atoms with Crippen LogP contribution in [0.1, 0.15) is 11.3 Å². The molecule has 0 saturated heterocycles. The number of hydrogen-bond acceptors (Lipinski definition) is 2. The summed E-state index contributed by atoms with van der Waals surface area (Å²) in [4.78, 5) is 0. The third kappa shape index (κ3) is 1.83. The number of rotatable bonds is 2. The summed E-state index contributed by atoms with van der Waals surface area (Å²) in [5.74, 6) is 0.639. The van der Waals surface area contributed by atoms with Crippen molar-refractivity contribution in [1.29, 1.82) is 0 Å². The van der Waals surface area contributed by atoms with Crippen molar-refractivity contribution in [1.82, 2.24) is 9.88 Å². The first kappa shape index (κ1) is 12.4. The lowest BCUT2D eigenvalue weighted by Gasteiger charge is -2.10. The summed E-state index contributed by atoms with van der Waals surface area (Å²) in [6.45, 7) is 1.68. The van der Waals surface area contributed by atoms with Gasteiger partial charge in [0.25, 0.3) is 0 Å². The van der Waals surface area contributed by atoms with Crippen LogP contribution in [0.2, 0.25) is 0 Å². The van der Waals surface area contributed by atoms with Crippen LogP contribution in [0, 0.1) is 5.82 Å². The summed E-state index contributed by atoms with van der Waals surface area (Å²) in [6, 6.07) is 12.7. The van der Waals surface area contributed by atoms with Crippen molar-refractivity contribution in [2.24, 2.45) is 0 Å². The van der Waals surface area contributed by atoms with Crippen molar-refractivity contribution in [3.05, 3.63) is 59.5 Å². The number of hydrogen-bond donors (Lipinski definition) is 1. The van der Waals surface area contributed by atoms with E-state index in [1.807, 2.05) is 18.2 Å². The van der Waals surface area contributed by atoms with E-state index in [0.29, 0.717) is 0 Å². The average Bonchev–Trinajstić information content (AvgIpc) is 3.08. The Kier molecular flexibility index (Phi) is 2.72. The van der Waals surface area contributed by atoms with Crippen LogP contribution in [0.15, 0.2) is 42.5 Å². The van der Waals surface area contributed by atoms with Crippen LogP contribution in [-0.2, 0) is 13.1 Å². The zero-order chi connectivity index (χ0) is 14.4. The van der Waals surface area contributed by atoms with E-state index in [1.165, 1.54) is 28.8 Å². The molecular formula is C17H15FN2O. The smallest absolute Gasteiger partial charge is 0.123 e. The molecule has 1 aliphatic rings. The lowest BCUT2D eigenvalue weighted by molar-refractivity contribution is 0.415. The summed E-state index contributed by atoms with van der Waals surface area (Å²) in [5, 5.41) is 4.58. The molecule has 0 unspecified atom stereocenters. The Morgan fingerprint density at radius 2 is 1.90 bits per heavy atom. The largest absolute Gasteiger partial charge is 0.497 e. The third-order valence-electron chi connectivity index (χ3n) is 4.07. The summed E-state index contributed by atoms with van der Waals surface area (Å²) in [5.41, 5.74) is 4.66. The Bertz CT molecular complexity index is 821. The van der Waals surface area contributed by atoms with E-state index in [4.69, 9.17) is 4.74 Å². The number of methoxy groups -OCH3 is 1. The summed E-state index contributed by atoms with van der Waals surface area (Å²) < 4.78 is 20.7. The van der Waals surface area contributed by atoms with Gasteiger partial charge in [0, 0.05) is 29.9 Å². The van der Waals surface area contributed by atoms with Crippen molar-refractivity contribution in [3.8, 4) is 11.4 Å². The second-order valence-corrected chi connectivity index (χ2v) is 5.22. The Balaban J connectivity index is 2.02. The topological polar surface area (TPSA) is 26.2 Å². The fourth-order valence-electron chi connectivity index (χ4n) is 3.09. The maximum Gasteiger partial charge on any atom is 0.123 e. The Morgan fingerprint density at radius 1 is 1.10 bits per heavy atom. The van der Waals surface area contributed by atoms with Crippen molar-refractivity contribution >= 4 is 10.9 Å². The minimum Gasteiger partial charge on any atom is -0.497 e. The third-order valence-corrected chi connectivity index (χ3v) is 4.07. The van der Waals surface area contributed by atoms with E-state index in [0.717, 1.165) is 30.0 Å². The molecule has 0 atom stereocenters. The summed E-state index contributed by atoms with van der Waals surface area (Å²) >= 11 is 0. The fourth-order valence-corrected chi connectivity index (χ4v) is 3.09. The number of nitrogens with one attached hydrogen (secondary N) is 1. The molecule has 0 saturated carbocycles. The predicted molar refractivity (Wildman–Crippen MR) is 80.3 cm³/mol. The van der Waals surface area contributed by atoms with Gasteiger partial charge in [0.1, 0.15) is 11.6 Å². The molecule has 2 aromatic carbocycles. The van der Waals surface area contributed by atoms with Crippen LogP contribution in [0.25, 0.3) is 16.6 Å². The highest BCUT2D eigenvalue weighted by molar-refractivity contribution is 5.89. The molecule has 0 amide bonds. The molecule has 4 rings (SSSR count). The van der Waals surface area contributed by atoms with Gasteiger partial charge in [-0.2, -0.15) is 0 Å². The molecule has 0 bridgehead atoms. The summed E-state index contributed by atoms with van der Waals surface area (Å²) in [7, 11) is 1.68. The van der Waals surface area contributed by atoms with E-state index >= 15 is 0 Å². The van der Waals surface area contributed by atoms with Crippen molar-refractivity contribution < 1.29 is 9.13 Å². The molecule has 4 heteroatoms. The van der Waals surface area contributed by atoms with Crippen molar-refractivity contribution in [3.63, 3.8) is 0 Å². The molecule has 1 aliphatic heterocycles. The normalized spacial score (nSPS) is 13.6. The summed E-state index contributed by atoms with van der Waals surface area (Å²) in [6.07, 6.45) is 0. The standard InChI is InChI=1S/C17H15FN2O/c1-21-13-6-7-16-14(8-13)15-9-19-10-17(15)20(16)12-4-2-11(18)3-5-12/h2-8,19H,9-10H2,1H3. The Hall–Kier alpha value is -2.33. The second-order valence-electron chi connectivity index (χ2n) is 5.22. The van der Waals surface area contributed by atoms with Gasteiger partial charge >= 0.3 is 0 Å². The molecule has 0 radical (unpaired) electrons. The van der Waals surface area contributed by atoms with E-state index in [2.05, 4.69) is 22.0 Å². The van der Waals surface area contributed by atoms with E-state index in [-0.39, 0.29) is 5.82 Å². The fraction of sp³-hybridized carbons (Fsp3) is 0.176. The SMILES string of the molecule is COc1ccc2c(c1)c1c(n2-c2ccc(F)cc2)CNC1. The first-order chi connectivity index (χ1) is 10.3. The molecule has 106 valence electrons. The minimum atomic E-state index is -0.216. The molecule has 0 aliphatic carbocycles. The van der Waals surface area contributed by atoms with Gasteiger partial charge in [-0.3, -0.25) is 0 Å². The van der Waals surface area contributed by atoms with Gasteiger partial charge in [-0.1, -0.05) is 0 Å². The molecule has 1 N–H and O–H groups in total. The minimum absolute atomic E-state index is 0.216. The Morgan fingerprint density at radius 3 is 2.67 bits per heavy atom. The zero-order valence-electron chi connectivity index (χ0n) is 11.7. The first-order valence-electron chi connectivity index (χ1n) is 6.95. The molecule has 0 spiro atoms. The van der Waals surface area contributed by atoms with Gasteiger partial charge in [-0.05, 0) is 48.0 Å². The molecular weight excluding hydrogens is 267 g/mol. The maximum atomic E-state index is 13.2. The monoisotopic (exact) mass is 282 g/mol.